The molecule has 0 unspecified atom stereocenters. The minimum absolute atomic E-state index is 0.310. The van der Waals surface area contributed by atoms with Crippen molar-refractivity contribution in [3.05, 3.63) is 0 Å². The first-order valence-electron chi connectivity index (χ1n) is 2.06. The first-order valence-corrected chi connectivity index (χ1v) is 2.06. The number of hydrogen-bond donors (Lipinski definition) is 0. The van der Waals surface area contributed by atoms with Gasteiger partial charge in [0.1, 0.15) is 13.2 Å². The van der Waals surface area contributed by atoms with E-state index in [1.807, 2.05) is 0 Å². The Hall–Kier alpha value is -1.50. The molecule has 0 aromatic heterocycles. The molecule has 0 aliphatic rings. The molecule has 9 heavy (non-hydrogen) atoms. The van der Waals surface area contributed by atoms with Crippen molar-refractivity contribution < 1.29 is 4.74 Å². The van der Waals surface area contributed by atoms with Gasteiger partial charge in [0, 0.05) is 10.8 Å². The van der Waals surface area contributed by atoms with Crippen LogP contribution in [0.25, 0.3) is 0 Å². The van der Waals surface area contributed by atoms with Crippen LogP contribution in [0.1, 0.15) is 0 Å². The van der Waals surface area contributed by atoms with E-state index in [1.54, 1.807) is 0 Å². The van der Waals surface area contributed by atoms with E-state index in [0.717, 1.165) is 0 Å². The Morgan fingerprint density at radius 1 is 1.11 bits per heavy atom. The molecule has 0 heterocycles. The zero-order valence-corrected chi connectivity index (χ0v) is 4.87. The SMILES string of the molecule is C#CCOCC#C.N#N. The molecule has 0 fully saturated rings. The third-order valence-electron chi connectivity index (χ3n) is 0.371. The van der Waals surface area contributed by atoms with Crippen LogP contribution >= 0.6 is 0 Å². The Morgan fingerprint density at radius 2 is 1.44 bits per heavy atom. The summed E-state index contributed by atoms with van der Waals surface area (Å²) in [4.78, 5) is 0. The largest absolute Gasteiger partial charge is 0.356 e. The zero-order chi connectivity index (χ0) is 7.54. The summed E-state index contributed by atoms with van der Waals surface area (Å²) >= 11 is 0. The quantitative estimate of drug-likeness (QED) is 0.300. The third kappa shape index (κ3) is 21.1. The smallest absolute Gasteiger partial charge is 0.108 e. The molecule has 3 nitrogen and oxygen atoms in total. The highest BCUT2D eigenvalue weighted by molar-refractivity contribution is 4.87. The van der Waals surface area contributed by atoms with Gasteiger partial charge < -0.3 is 4.74 Å². The second-order valence-electron chi connectivity index (χ2n) is 0.901. The Balaban J connectivity index is 0. The minimum atomic E-state index is 0.310. The van der Waals surface area contributed by atoms with Crippen LogP contribution in [0.15, 0.2) is 0 Å². The van der Waals surface area contributed by atoms with E-state index >= 15 is 0 Å². The summed E-state index contributed by atoms with van der Waals surface area (Å²) < 4.78 is 4.66. The summed E-state index contributed by atoms with van der Waals surface area (Å²) in [5, 5.41) is 12.0. The van der Waals surface area contributed by atoms with Gasteiger partial charge in [-0.05, 0) is 0 Å². The minimum Gasteiger partial charge on any atom is -0.356 e. The molecule has 0 saturated heterocycles. The lowest BCUT2D eigenvalue weighted by atomic mass is 10.7. The molecule has 0 N–H and O–H groups in total. The maximum Gasteiger partial charge on any atom is 0.108 e. The number of ether oxygens (including phenoxy) is 1. The lowest BCUT2D eigenvalue weighted by Crippen LogP contribution is -1.89. The summed E-state index contributed by atoms with van der Waals surface area (Å²) in [6, 6.07) is 0. The molecule has 0 aromatic carbocycles. The first-order chi connectivity index (χ1) is 4.41. The summed E-state index contributed by atoms with van der Waals surface area (Å²) in [7, 11) is 0. The van der Waals surface area contributed by atoms with E-state index in [-0.39, 0.29) is 0 Å². The lowest BCUT2D eigenvalue weighted by molar-refractivity contribution is 0.205. The molecule has 0 saturated carbocycles. The van der Waals surface area contributed by atoms with E-state index in [2.05, 4.69) is 16.6 Å². The highest BCUT2D eigenvalue weighted by Gasteiger charge is 1.71. The maximum absolute atomic E-state index is 6.00. The van der Waals surface area contributed by atoms with Crippen molar-refractivity contribution in [3.63, 3.8) is 0 Å². The van der Waals surface area contributed by atoms with Crippen molar-refractivity contribution in [2.45, 2.75) is 0 Å². The highest BCUT2D eigenvalue weighted by atomic mass is 16.5. The molecule has 0 atom stereocenters. The summed E-state index contributed by atoms with van der Waals surface area (Å²) in [5.74, 6) is 4.57. The molecule has 0 aromatic rings. The Labute approximate surface area is 54.4 Å². The molecule has 46 valence electrons. The predicted octanol–water partition coefficient (Wildman–Crippen LogP) is 0.300. The van der Waals surface area contributed by atoms with Crippen molar-refractivity contribution in [2.75, 3.05) is 13.2 Å². The Bertz CT molecular complexity index is 123. The second kappa shape index (κ2) is 16.1. The van der Waals surface area contributed by atoms with Gasteiger partial charge in [-0.15, -0.1) is 12.8 Å². The van der Waals surface area contributed by atoms with Crippen LogP contribution < -0.4 is 0 Å². The molecular weight excluding hydrogens is 116 g/mol. The molecule has 0 aliphatic heterocycles. The van der Waals surface area contributed by atoms with Crippen LogP contribution in [0, 0.1) is 35.5 Å². The molecule has 0 amide bonds. The Kier molecular flexibility index (Phi) is 18.7. The average Bonchev–Trinajstić information content (AvgIpc) is 1.94. The van der Waals surface area contributed by atoms with Gasteiger partial charge in [0.05, 0.1) is 0 Å². The van der Waals surface area contributed by atoms with Crippen molar-refractivity contribution in [1.29, 1.82) is 10.8 Å². The summed E-state index contributed by atoms with van der Waals surface area (Å²) in [6.07, 6.45) is 9.65. The lowest BCUT2D eigenvalue weighted by Gasteiger charge is -1.86. The van der Waals surface area contributed by atoms with Gasteiger partial charge in [-0.1, -0.05) is 11.8 Å². The van der Waals surface area contributed by atoms with Crippen LogP contribution in [-0.4, -0.2) is 13.2 Å². The number of rotatable bonds is 2. The molecule has 0 radical (unpaired) electrons. The molecule has 0 bridgehead atoms. The first kappa shape index (κ1) is 10.5. The van der Waals surface area contributed by atoms with Crippen molar-refractivity contribution in [3.8, 4) is 24.7 Å². The van der Waals surface area contributed by atoms with E-state index in [4.69, 9.17) is 23.6 Å². The van der Waals surface area contributed by atoms with Crippen molar-refractivity contribution in [2.24, 2.45) is 0 Å². The van der Waals surface area contributed by atoms with Gasteiger partial charge in [0.2, 0.25) is 0 Å². The van der Waals surface area contributed by atoms with Gasteiger partial charge >= 0.3 is 0 Å². The molecular formula is C6H6N2O. The van der Waals surface area contributed by atoms with E-state index in [1.165, 1.54) is 0 Å². The fourth-order valence-electron chi connectivity index (χ4n) is 0.169. The van der Waals surface area contributed by atoms with Crippen LogP contribution in [0.4, 0.5) is 0 Å². The van der Waals surface area contributed by atoms with Crippen molar-refractivity contribution in [1.82, 2.24) is 0 Å². The predicted molar refractivity (Wildman–Crippen MR) is 31.9 cm³/mol. The highest BCUT2D eigenvalue weighted by Crippen LogP contribution is 1.65. The monoisotopic (exact) mass is 122 g/mol. The number of hydrogen-bond acceptors (Lipinski definition) is 3. The van der Waals surface area contributed by atoms with Crippen molar-refractivity contribution >= 4 is 0 Å². The fraction of sp³-hybridized carbons (Fsp3) is 0.333. The maximum atomic E-state index is 6.00. The van der Waals surface area contributed by atoms with Crippen LogP contribution in [0.3, 0.4) is 0 Å². The Morgan fingerprint density at radius 3 is 1.67 bits per heavy atom. The molecule has 3 heteroatoms. The zero-order valence-electron chi connectivity index (χ0n) is 4.87. The second-order valence-corrected chi connectivity index (χ2v) is 0.901. The van der Waals surface area contributed by atoms with E-state index < -0.39 is 0 Å². The van der Waals surface area contributed by atoms with Gasteiger partial charge in [-0.3, -0.25) is 0 Å². The van der Waals surface area contributed by atoms with Crippen LogP contribution in [-0.2, 0) is 4.74 Å². The summed E-state index contributed by atoms with van der Waals surface area (Å²) in [6.45, 7) is 0.619. The number of terminal acetylenes is 2. The van der Waals surface area contributed by atoms with E-state index in [0.29, 0.717) is 13.2 Å². The van der Waals surface area contributed by atoms with Crippen LogP contribution in [0.5, 0.6) is 0 Å². The summed E-state index contributed by atoms with van der Waals surface area (Å²) in [5.41, 5.74) is 0. The number of nitrogens with zero attached hydrogens (tertiary/aromatic N) is 2. The third-order valence-corrected chi connectivity index (χ3v) is 0.371. The van der Waals surface area contributed by atoms with E-state index in [9.17, 15) is 0 Å². The topological polar surface area (TPSA) is 56.8 Å². The van der Waals surface area contributed by atoms with Gasteiger partial charge in [-0.2, -0.15) is 0 Å². The fourth-order valence-corrected chi connectivity index (χ4v) is 0.169. The average molecular weight is 122 g/mol. The molecule has 0 aliphatic carbocycles. The standard InChI is InChI=1S/C6H6O.N2/c1-3-5-7-6-4-2;1-2/h1-2H,5-6H2;. The van der Waals surface area contributed by atoms with Gasteiger partial charge in [0.15, 0.2) is 0 Å². The normalized spacial score (nSPS) is 5.33. The van der Waals surface area contributed by atoms with Gasteiger partial charge in [-0.25, -0.2) is 0 Å². The van der Waals surface area contributed by atoms with Crippen LogP contribution in [0.2, 0.25) is 0 Å². The molecule has 0 spiro atoms. The van der Waals surface area contributed by atoms with Gasteiger partial charge in [0.25, 0.3) is 0 Å². The molecule has 0 rings (SSSR count).